The van der Waals surface area contributed by atoms with Crippen LogP contribution in [-0.4, -0.2) is 43.7 Å². The van der Waals surface area contributed by atoms with E-state index in [1.54, 1.807) is 19.1 Å². The van der Waals surface area contributed by atoms with Gasteiger partial charge in [-0.05, 0) is 37.1 Å². The molecule has 0 unspecified atom stereocenters. The van der Waals surface area contributed by atoms with E-state index in [0.717, 1.165) is 37.2 Å². The predicted molar refractivity (Wildman–Crippen MR) is 93.4 cm³/mol. The molecule has 5 nitrogen and oxygen atoms in total. The minimum absolute atomic E-state index is 0. The van der Waals surface area contributed by atoms with E-state index in [9.17, 15) is 4.79 Å². The molecule has 1 aromatic rings. The topological polar surface area (TPSA) is 64.8 Å². The Labute approximate surface area is 144 Å². The lowest BCUT2D eigenvalue weighted by atomic mass is 9.81. The molecule has 0 aromatic heterocycles. The number of nitrogens with two attached hydrogens (primary N) is 1. The van der Waals surface area contributed by atoms with Gasteiger partial charge >= 0.3 is 0 Å². The molecule has 6 heteroatoms. The number of hydrogen-bond acceptors (Lipinski definition) is 4. The van der Waals surface area contributed by atoms with Crippen molar-refractivity contribution in [3.63, 3.8) is 0 Å². The standard InChI is InChI=1S/C17H26N2O3.ClH/c1-19(16(20)17(18)10-4-3-5-11-17)12-13-22-15-8-6-14(21-2)7-9-15;/h6-9H,3-5,10-13,18H2,1-2H3;1H. The van der Waals surface area contributed by atoms with Crippen LogP contribution in [0.15, 0.2) is 24.3 Å². The van der Waals surface area contributed by atoms with Gasteiger partial charge in [0.25, 0.3) is 0 Å². The average Bonchev–Trinajstić information content (AvgIpc) is 2.55. The number of hydrogen-bond donors (Lipinski definition) is 1. The van der Waals surface area contributed by atoms with Gasteiger partial charge < -0.3 is 20.1 Å². The van der Waals surface area contributed by atoms with E-state index in [0.29, 0.717) is 13.2 Å². The number of rotatable bonds is 6. The number of carbonyl (C=O) groups is 1. The van der Waals surface area contributed by atoms with Crippen molar-refractivity contribution < 1.29 is 14.3 Å². The second kappa shape index (κ2) is 8.99. The summed E-state index contributed by atoms with van der Waals surface area (Å²) in [7, 11) is 3.42. The monoisotopic (exact) mass is 342 g/mol. The molecule has 1 aliphatic carbocycles. The summed E-state index contributed by atoms with van der Waals surface area (Å²) < 4.78 is 10.8. The summed E-state index contributed by atoms with van der Waals surface area (Å²) in [6, 6.07) is 7.40. The van der Waals surface area contributed by atoms with Gasteiger partial charge in [0.15, 0.2) is 0 Å². The Morgan fingerprint density at radius 1 is 1.17 bits per heavy atom. The first kappa shape index (κ1) is 19.6. The number of methoxy groups -OCH3 is 1. The van der Waals surface area contributed by atoms with Crippen molar-refractivity contribution in [1.29, 1.82) is 0 Å². The number of nitrogens with zero attached hydrogens (tertiary/aromatic N) is 1. The largest absolute Gasteiger partial charge is 0.497 e. The highest BCUT2D eigenvalue weighted by Gasteiger charge is 2.37. The molecular weight excluding hydrogens is 316 g/mol. The molecule has 0 heterocycles. The predicted octanol–water partition coefficient (Wildman–Crippen LogP) is 2.62. The maximum Gasteiger partial charge on any atom is 0.242 e. The number of ether oxygens (including phenoxy) is 2. The molecule has 0 aliphatic heterocycles. The van der Waals surface area contributed by atoms with Gasteiger partial charge in [-0.25, -0.2) is 0 Å². The molecule has 0 bridgehead atoms. The van der Waals surface area contributed by atoms with E-state index in [1.807, 2.05) is 24.3 Å². The molecule has 2 rings (SSSR count). The van der Waals surface area contributed by atoms with E-state index < -0.39 is 5.54 Å². The van der Waals surface area contributed by atoms with Gasteiger partial charge in [-0.15, -0.1) is 12.4 Å². The third-order valence-corrected chi connectivity index (χ3v) is 4.27. The van der Waals surface area contributed by atoms with Crippen molar-refractivity contribution in [3.8, 4) is 11.5 Å². The van der Waals surface area contributed by atoms with E-state index in [4.69, 9.17) is 15.2 Å². The fourth-order valence-electron chi connectivity index (χ4n) is 2.85. The molecule has 0 atom stereocenters. The number of carbonyl (C=O) groups excluding carboxylic acids is 1. The fraction of sp³-hybridized carbons (Fsp3) is 0.588. The van der Waals surface area contributed by atoms with Gasteiger partial charge in [0, 0.05) is 7.05 Å². The number of benzene rings is 1. The second-order valence-electron chi connectivity index (χ2n) is 5.97. The van der Waals surface area contributed by atoms with E-state index >= 15 is 0 Å². The second-order valence-corrected chi connectivity index (χ2v) is 5.97. The van der Waals surface area contributed by atoms with Gasteiger partial charge in [0.2, 0.25) is 5.91 Å². The lowest BCUT2D eigenvalue weighted by Gasteiger charge is -2.35. The summed E-state index contributed by atoms with van der Waals surface area (Å²) in [5.41, 5.74) is 5.60. The maximum atomic E-state index is 12.5. The van der Waals surface area contributed by atoms with Crippen molar-refractivity contribution in [2.75, 3.05) is 27.3 Å². The Balaban J connectivity index is 0.00000264. The number of amides is 1. The lowest BCUT2D eigenvalue weighted by molar-refractivity contribution is -0.137. The molecule has 0 saturated heterocycles. The maximum absolute atomic E-state index is 12.5. The molecule has 130 valence electrons. The molecular formula is C17H27ClN2O3. The number of likely N-dealkylation sites (N-methyl/N-ethyl adjacent to an activating group) is 1. The van der Waals surface area contributed by atoms with Crippen LogP contribution >= 0.6 is 12.4 Å². The molecule has 1 aliphatic rings. The Hall–Kier alpha value is -1.46. The first-order chi connectivity index (χ1) is 10.5. The molecule has 2 N–H and O–H groups in total. The van der Waals surface area contributed by atoms with Crippen LogP contribution in [0.25, 0.3) is 0 Å². The van der Waals surface area contributed by atoms with Crippen LogP contribution in [-0.2, 0) is 4.79 Å². The van der Waals surface area contributed by atoms with Gasteiger partial charge in [0.1, 0.15) is 18.1 Å². The van der Waals surface area contributed by atoms with Crippen LogP contribution < -0.4 is 15.2 Å². The quantitative estimate of drug-likeness (QED) is 0.863. The molecule has 23 heavy (non-hydrogen) atoms. The van der Waals surface area contributed by atoms with Crippen molar-refractivity contribution in [2.24, 2.45) is 5.73 Å². The highest BCUT2D eigenvalue weighted by atomic mass is 35.5. The van der Waals surface area contributed by atoms with E-state index in [1.165, 1.54) is 6.42 Å². The van der Waals surface area contributed by atoms with Crippen molar-refractivity contribution >= 4 is 18.3 Å². The molecule has 1 saturated carbocycles. The Bertz CT molecular complexity index is 487. The SMILES string of the molecule is COc1ccc(OCCN(C)C(=O)C2(N)CCCCC2)cc1.Cl. The van der Waals surface area contributed by atoms with Crippen LogP contribution in [0, 0.1) is 0 Å². The zero-order valence-corrected chi connectivity index (χ0v) is 14.7. The van der Waals surface area contributed by atoms with Crippen LogP contribution in [0.1, 0.15) is 32.1 Å². The Kier molecular flexibility index (Phi) is 7.65. The number of halogens is 1. The summed E-state index contributed by atoms with van der Waals surface area (Å²) >= 11 is 0. The smallest absolute Gasteiger partial charge is 0.242 e. The van der Waals surface area contributed by atoms with Gasteiger partial charge in [-0.1, -0.05) is 19.3 Å². The third kappa shape index (κ3) is 5.29. The minimum Gasteiger partial charge on any atom is -0.497 e. The van der Waals surface area contributed by atoms with Gasteiger partial charge in [-0.3, -0.25) is 4.79 Å². The van der Waals surface area contributed by atoms with Crippen molar-refractivity contribution in [1.82, 2.24) is 4.90 Å². The molecule has 1 aromatic carbocycles. The van der Waals surface area contributed by atoms with Crippen molar-refractivity contribution in [3.05, 3.63) is 24.3 Å². The van der Waals surface area contributed by atoms with Crippen molar-refractivity contribution in [2.45, 2.75) is 37.6 Å². The first-order valence-corrected chi connectivity index (χ1v) is 7.86. The van der Waals surface area contributed by atoms with Crippen LogP contribution in [0.5, 0.6) is 11.5 Å². The van der Waals surface area contributed by atoms with Crippen LogP contribution in [0.4, 0.5) is 0 Å². The average molecular weight is 343 g/mol. The highest BCUT2D eigenvalue weighted by molar-refractivity contribution is 5.86. The molecule has 1 fully saturated rings. The summed E-state index contributed by atoms with van der Waals surface area (Å²) in [5.74, 6) is 1.59. The Morgan fingerprint density at radius 3 is 2.30 bits per heavy atom. The normalized spacial score (nSPS) is 16.1. The summed E-state index contributed by atoms with van der Waals surface area (Å²) in [4.78, 5) is 14.2. The summed E-state index contributed by atoms with van der Waals surface area (Å²) in [5, 5.41) is 0. The highest BCUT2D eigenvalue weighted by Crippen LogP contribution is 2.27. The van der Waals surface area contributed by atoms with Crippen LogP contribution in [0.3, 0.4) is 0 Å². The van der Waals surface area contributed by atoms with E-state index in [-0.39, 0.29) is 18.3 Å². The van der Waals surface area contributed by atoms with Gasteiger partial charge in [0.05, 0.1) is 19.2 Å². The van der Waals surface area contributed by atoms with Gasteiger partial charge in [-0.2, -0.15) is 0 Å². The summed E-state index contributed by atoms with van der Waals surface area (Å²) in [6.07, 6.45) is 4.83. The first-order valence-electron chi connectivity index (χ1n) is 7.86. The molecule has 0 spiro atoms. The fourth-order valence-corrected chi connectivity index (χ4v) is 2.85. The zero-order valence-electron chi connectivity index (χ0n) is 13.9. The zero-order chi connectivity index (χ0) is 16.0. The van der Waals surface area contributed by atoms with Crippen LogP contribution in [0.2, 0.25) is 0 Å². The molecule has 1 amide bonds. The lowest BCUT2D eigenvalue weighted by Crippen LogP contribution is -2.55. The summed E-state index contributed by atoms with van der Waals surface area (Å²) in [6.45, 7) is 0.981. The minimum atomic E-state index is -0.673. The van der Waals surface area contributed by atoms with E-state index in [2.05, 4.69) is 0 Å². The Morgan fingerprint density at radius 2 is 1.74 bits per heavy atom. The molecule has 0 radical (unpaired) electrons. The third-order valence-electron chi connectivity index (χ3n) is 4.27.